The quantitative estimate of drug-likeness (QED) is 0.903. The average Bonchev–Trinajstić information content (AvgIpc) is 2.40. The summed E-state index contributed by atoms with van der Waals surface area (Å²) in [6, 6.07) is 8.61. The minimum atomic E-state index is -4.21. The molecule has 2 rings (SSSR count). The van der Waals surface area contributed by atoms with Gasteiger partial charge < -0.3 is 5.11 Å². The Bertz CT molecular complexity index is 808. The van der Waals surface area contributed by atoms with Crippen LogP contribution in [0, 0.1) is 5.82 Å². The van der Waals surface area contributed by atoms with Crippen LogP contribution in [0.2, 0.25) is 5.02 Å². The van der Waals surface area contributed by atoms with Gasteiger partial charge >= 0.3 is 5.97 Å². The highest BCUT2D eigenvalue weighted by Gasteiger charge is 2.21. The van der Waals surface area contributed by atoms with E-state index in [0.717, 1.165) is 12.1 Å². The van der Waals surface area contributed by atoms with Crippen molar-refractivity contribution in [2.75, 3.05) is 4.72 Å². The largest absolute Gasteiger partial charge is 0.478 e. The lowest BCUT2D eigenvalue weighted by atomic mass is 10.2. The molecule has 0 aliphatic carbocycles. The molecule has 0 aliphatic rings. The van der Waals surface area contributed by atoms with E-state index in [2.05, 4.69) is 4.72 Å². The average molecular weight is 330 g/mol. The first-order chi connectivity index (χ1) is 9.81. The van der Waals surface area contributed by atoms with Gasteiger partial charge in [-0.15, -0.1) is 0 Å². The second-order valence-electron chi connectivity index (χ2n) is 4.04. The fraction of sp³-hybridized carbons (Fsp3) is 0. The highest BCUT2D eigenvalue weighted by molar-refractivity contribution is 7.92. The fourth-order valence-corrected chi connectivity index (χ4v) is 2.97. The van der Waals surface area contributed by atoms with Crippen molar-refractivity contribution in [1.29, 1.82) is 0 Å². The number of para-hydroxylation sites is 1. The third kappa shape index (κ3) is 3.32. The number of anilines is 1. The van der Waals surface area contributed by atoms with Crippen molar-refractivity contribution in [3.05, 3.63) is 58.9 Å². The SMILES string of the molecule is O=C(O)c1ccc(S(=O)(=O)Nc2ccccc2Cl)c(F)c1. The van der Waals surface area contributed by atoms with Crippen LogP contribution in [0.3, 0.4) is 0 Å². The molecule has 0 aliphatic heterocycles. The van der Waals surface area contributed by atoms with Gasteiger partial charge in [-0.2, -0.15) is 0 Å². The van der Waals surface area contributed by atoms with Crippen molar-refractivity contribution in [1.82, 2.24) is 0 Å². The molecular weight excluding hydrogens is 321 g/mol. The summed E-state index contributed by atoms with van der Waals surface area (Å²) < 4.78 is 40.1. The predicted octanol–water partition coefficient (Wildman–Crippen LogP) is 2.98. The van der Waals surface area contributed by atoms with Crippen LogP contribution in [0.15, 0.2) is 47.4 Å². The molecule has 0 bridgehead atoms. The Kier molecular flexibility index (Phi) is 4.15. The number of carbonyl (C=O) groups is 1. The smallest absolute Gasteiger partial charge is 0.335 e. The third-order valence-corrected chi connectivity index (χ3v) is 4.31. The molecule has 0 radical (unpaired) electrons. The number of rotatable bonds is 4. The number of hydrogen-bond acceptors (Lipinski definition) is 3. The normalized spacial score (nSPS) is 11.1. The van der Waals surface area contributed by atoms with E-state index in [-0.39, 0.29) is 16.3 Å². The van der Waals surface area contributed by atoms with E-state index in [1.54, 1.807) is 12.1 Å². The number of aromatic carboxylic acids is 1. The molecule has 2 aromatic rings. The maximum Gasteiger partial charge on any atom is 0.335 e. The summed E-state index contributed by atoms with van der Waals surface area (Å²) in [6.45, 7) is 0. The third-order valence-electron chi connectivity index (χ3n) is 2.59. The maximum atomic E-state index is 13.8. The van der Waals surface area contributed by atoms with Crippen LogP contribution < -0.4 is 4.72 Å². The fourth-order valence-electron chi connectivity index (χ4n) is 1.60. The zero-order chi connectivity index (χ0) is 15.6. The molecule has 0 unspecified atom stereocenters. The molecule has 0 amide bonds. The van der Waals surface area contributed by atoms with Crippen LogP contribution >= 0.6 is 11.6 Å². The number of hydrogen-bond donors (Lipinski definition) is 2. The second kappa shape index (κ2) is 5.71. The Labute approximate surface area is 125 Å². The van der Waals surface area contributed by atoms with Crippen molar-refractivity contribution in [2.45, 2.75) is 4.90 Å². The van der Waals surface area contributed by atoms with E-state index >= 15 is 0 Å². The highest BCUT2D eigenvalue weighted by atomic mass is 35.5. The summed E-state index contributed by atoms with van der Waals surface area (Å²) >= 11 is 5.83. The van der Waals surface area contributed by atoms with E-state index in [0.29, 0.717) is 6.07 Å². The molecule has 2 N–H and O–H groups in total. The Morgan fingerprint density at radius 2 is 1.86 bits per heavy atom. The summed E-state index contributed by atoms with van der Waals surface area (Å²) in [4.78, 5) is 10.0. The van der Waals surface area contributed by atoms with Gasteiger partial charge in [0, 0.05) is 0 Å². The van der Waals surface area contributed by atoms with Gasteiger partial charge in [0.05, 0.1) is 16.3 Å². The molecule has 0 saturated carbocycles. The lowest BCUT2D eigenvalue weighted by Gasteiger charge is -2.10. The van der Waals surface area contributed by atoms with E-state index in [1.807, 2.05) is 0 Å². The van der Waals surface area contributed by atoms with Crippen molar-refractivity contribution in [2.24, 2.45) is 0 Å². The number of carboxylic acids is 1. The van der Waals surface area contributed by atoms with Gasteiger partial charge in [0.25, 0.3) is 10.0 Å². The molecule has 0 aromatic heterocycles. The van der Waals surface area contributed by atoms with Crippen molar-refractivity contribution in [3.8, 4) is 0 Å². The van der Waals surface area contributed by atoms with Crippen LogP contribution in [0.1, 0.15) is 10.4 Å². The van der Waals surface area contributed by atoms with E-state index in [4.69, 9.17) is 16.7 Å². The van der Waals surface area contributed by atoms with Gasteiger partial charge in [0.2, 0.25) is 0 Å². The van der Waals surface area contributed by atoms with Crippen molar-refractivity contribution >= 4 is 33.3 Å². The van der Waals surface area contributed by atoms with E-state index in [1.165, 1.54) is 12.1 Å². The zero-order valence-electron chi connectivity index (χ0n) is 10.4. The molecule has 0 spiro atoms. The van der Waals surface area contributed by atoms with Crippen molar-refractivity contribution < 1.29 is 22.7 Å². The minimum Gasteiger partial charge on any atom is -0.478 e. The molecule has 0 atom stereocenters. The van der Waals surface area contributed by atoms with Gasteiger partial charge in [0.15, 0.2) is 0 Å². The Balaban J connectivity index is 2.41. The predicted molar refractivity (Wildman–Crippen MR) is 75.6 cm³/mol. The molecule has 0 saturated heterocycles. The zero-order valence-corrected chi connectivity index (χ0v) is 12.0. The first-order valence-corrected chi connectivity index (χ1v) is 7.47. The summed E-state index contributed by atoms with van der Waals surface area (Å²) in [5, 5.41) is 8.88. The van der Waals surface area contributed by atoms with Gasteiger partial charge in [-0.25, -0.2) is 17.6 Å². The summed E-state index contributed by atoms with van der Waals surface area (Å²) in [5.41, 5.74) is -0.245. The Morgan fingerprint density at radius 3 is 2.43 bits per heavy atom. The molecule has 21 heavy (non-hydrogen) atoms. The van der Waals surface area contributed by atoms with Crippen LogP contribution in [0.4, 0.5) is 10.1 Å². The highest BCUT2D eigenvalue weighted by Crippen LogP contribution is 2.25. The van der Waals surface area contributed by atoms with Crippen LogP contribution in [0.25, 0.3) is 0 Å². The standard InChI is InChI=1S/C13H9ClFNO4S/c14-9-3-1-2-4-11(9)16-21(19,20)12-6-5-8(13(17)18)7-10(12)15/h1-7,16H,(H,17,18). The van der Waals surface area contributed by atoms with Gasteiger partial charge in [0.1, 0.15) is 10.7 Å². The molecular formula is C13H9ClFNO4S. The molecule has 8 heteroatoms. The molecule has 2 aromatic carbocycles. The van der Waals surface area contributed by atoms with E-state index < -0.39 is 26.7 Å². The molecule has 5 nitrogen and oxygen atoms in total. The monoisotopic (exact) mass is 329 g/mol. The Morgan fingerprint density at radius 1 is 1.19 bits per heavy atom. The first-order valence-electron chi connectivity index (χ1n) is 5.61. The van der Waals surface area contributed by atoms with Crippen LogP contribution in [0.5, 0.6) is 0 Å². The second-order valence-corrected chi connectivity index (χ2v) is 6.09. The Hall–Kier alpha value is -2.12. The number of halogens is 2. The van der Waals surface area contributed by atoms with E-state index in [9.17, 15) is 17.6 Å². The van der Waals surface area contributed by atoms with Crippen LogP contribution in [-0.2, 0) is 10.0 Å². The van der Waals surface area contributed by atoms with Gasteiger partial charge in [-0.05, 0) is 30.3 Å². The number of carboxylic acid groups (broad SMARTS) is 1. The lowest BCUT2D eigenvalue weighted by molar-refractivity contribution is 0.0696. The minimum absolute atomic E-state index is 0.0980. The number of nitrogens with one attached hydrogen (secondary N) is 1. The summed E-state index contributed by atoms with van der Waals surface area (Å²) in [7, 11) is -4.21. The number of sulfonamides is 1. The molecule has 0 fully saturated rings. The van der Waals surface area contributed by atoms with Crippen LogP contribution in [-0.4, -0.2) is 19.5 Å². The summed E-state index contributed by atoms with van der Waals surface area (Å²) in [5.74, 6) is -2.51. The van der Waals surface area contributed by atoms with Gasteiger partial charge in [-0.1, -0.05) is 23.7 Å². The topological polar surface area (TPSA) is 83.5 Å². The molecule has 110 valence electrons. The first kappa shape index (κ1) is 15.3. The number of benzene rings is 2. The summed E-state index contributed by atoms with van der Waals surface area (Å²) in [6.07, 6.45) is 0. The van der Waals surface area contributed by atoms with Crippen molar-refractivity contribution in [3.63, 3.8) is 0 Å². The maximum absolute atomic E-state index is 13.8. The van der Waals surface area contributed by atoms with Gasteiger partial charge in [-0.3, -0.25) is 4.72 Å². The molecule has 0 heterocycles. The lowest BCUT2D eigenvalue weighted by Crippen LogP contribution is -2.15.